The van der Waals surface area contributed by atoms with Gasteiger partial charge in [0.1, 0.15) is 17.7 Å². The average Bonchev–Trinajstić information content (AvgIpc) is 3.34. The molecular formula is C33H23ClF9N5O5. The van der Waals surface area contributed by atoms with Crippen LogP contribution in [0.25, 0.3) is 22.4 Å². The minimum absolute atomic E-state index is 0.0271. The van der Waals surface area contributed by atoms with Gasteiger partial charge >= 0.3 is 24.4 Å². The van der Waals surface area contributed by atoms with Crippen molar-refractivity contribution in [3.8, 4) is 28.1 Å². The third-order valence-electron chi connectivity index (χ3n) is 8.56. The number of amides is 1. The van der Waals surface area contributed by atoms with Gasteiger partial charge in [-0.05, 0) is 42.8 Å². The summed E-state index contributed by atoms with van der Waals surface area (Å²) < 4.78 is 136. The van der Waals surface area contributed by atoms with Crippen molar-refractivity contribution < 1.29 is 63.7 Å². The summed E-state index contributed by atoms with van der Waals surface area (Å²) >= 11 is 6.27. The first-order valence-corrected chi connectivity index (χ1v) is 15.6. The van der Waals surface area contributed by atoms with Crippen molar-refractivity contribution in [1.29, 1.82) is 0 Å². The summed E-state index contributed by atoms with van der Waals surface area (Å²) in [6, 6.07) is 2.80. The van der Waals surface area contributed by atoms with Crippen LogP contribution in [0.1, 0.15) is 45.8 Å². The van der Waals surface area contributed by atoms with Crippen LogP contribution in [0.15, 0.2) is 48.8 Å². The molecule has 1 amide bonds. The van der Waals surface area contributed by atoms with Crippen molar-refractivity contribution in [3.63, 3.8) is 0 Å². The van der Waals surface area contributed by atoms with Crippen LogP contribution in [0.4, 0.5) is 50.3 Å². The van der Waals surface area contributed by atoms with Gasteiger partial charge in [0.05, 0.1) is 65.9 Å². The highest BCUT2D eigenvalue weighted by molar-refractivity contribution is 6.33. The van der Waals surface area contributed by atoms with Crippen LogP contribution < -0.4 is 9.64 Å². The fraction of sp³-hybridized carbons (Fsp3) is 0.303. The molecule has 53 heavy (non-hydrogen) atoms. The smallest absolute Gasteiger partial charge is 0.416 e. The molecule has 0 aliphatic carbocycles. The molecule has 0 bridgehead atoms. The maximum Gasteiger partial charge on any atom is 0.416 e. The van der Waals surface area contributed by atoms with Crippen molar-refractivity contribution in [3.05, 3.63) is 87.6 Å². The Morgan fingerprint density at radius 3 is 2.17 bits per heavy atom. The molecule has 1 N–H and O–H groups in total. The summed E-state index contributed by atoms with van der Waals surface area (Å²) in [5.41, 5.74) is -4.58. The van der Waals surface area contributed by atoms with Crippen LogP contribution in [0.3, 0.4) is 0 Å². The topological polar surface area (TPSA) is 118 Å². The molecule has 0 spiro atoms. The van der Waals surface area contributed by atoms with E-state index in [9.17, 15) is 49.8 Å². The van der Waals surface area contributed by atoms with Crippen LogP contribution >= 0.6 is 11.6 Å². The number of pyridine rings is 1. The van der Waals surface area contributed by atoms with E-state index >= 15 is 4.39 Å². The molecule has 4 aromatic rings. The largest absolute Gasteiger partial charge is 0.496 e. The lowest BCUT2D eigenvalue weighted by atomic mass is 9.96. The van der Waals surface area contributed by atoms with Crippen molar-refractivity contribution in [1.82, 2.24) is 19.9 Å². The monoisotopic (exact) mass is 775 g/mol. The standard InChI is InChI=1S/C33H23ClF9N5O5/c1-14-27(15-3-17(32(38,39)40)6-18(4-15)33(41,42)43)53-30(51)48(14)11-24-21(10-45-29(46-24)47-12-31(36,37)13-47)19-7-20(23(35)8-25(19)52-2)26-22(34)5-16(9-44-26)28(49)50/h3-10,14,27H,11-13H2,1-2H3,(H,49,50)/t14-,27-/m0/s1. The molecule has 2 atom stereocenters. The molecule has 0 saturated carbocycles. The van der Waals surface area contributed by atoms with Crippen molar-refractivity contribution in [2.75, 3.05) is 25.1 Å². The fourth-order valence-corrected chi connectivity index (χ4v) is 6.16. The number of nitrogens with zero attached hydrogens (tertiary/aromatic N) is 5. The normalized spacial score (nSPS) is 18.5. The zero-order valence-corrected chi connectivity index (χ0v) is 27.7. The number of rotatable bonds is 8. The Kier molecular flexibility index (Phi) is 9.37. The number of anilines is 1. The Labute approximate surface area is 297 Å². The van der Waals surface area contributed by atoms with Gasteiger partial charge in [0, 0.05) is 35.2 Å². The highest BCUT2D eigenvalue weighted by atomic mass is 35.5. The number of carboxylic acid groups (broad SMARTS) is 1. The maximum absolute atomic E-state index is 15.5. The van der Waals surface area contributed by atoms with Crippen LogP contribution in [-0.4, -0.2) is 69.2 Å². The van der Waals surface area contributed by atoms with Gasteiger partial charge in [0.15, 0.2) is 0 Å². The van der Waals surface area contributed by atoms with E-state index in [-0.39, 0.29) is 56.4 Å². The molecular weight excluding hydrogens is 753 g/mol. The van der Waals surface area contributed by atoms with Crippen LogP contribution in [0.2, 0.25) is 5.02 Å². The predicted octanol–water partition coefficient (Wildman–Crippen LogP) is 8.28. The lowest BCUT2D eigenvalue weighted by Gasteiger charge is -2.38. The van der Waals surface area contributed by atoms with E-state index in [0.717, 1.165) is 28.1 Å². The van der Waals surface area contributed by atoms with Crippen molar-refractivity contribution in [2.24, 2.45) is 0 Å². The van der Waals surface area contributed by atoms with Crippen LogP contribution in [0.5, 0.6) is 5.75 Å². The number of aromatic nitrogens is 3. The summed E-state index contributed by atoms with van der Waals surface area (Å²) in [6.45, 7) is -0.758. The number of carbonyl (C=O) groups excluding carboxylic acids is 1. The number of hydrogen-bond donors (Lipinski definition) is 1. The first kappa shape index (κ1) is 37.4. The predicted molar refractivity (Wildman–Crippen MR) is 167 cm³/mol. The number of alkyl halides is 8. The van der Waals surface area contributed by atoms with E-state index in [1.54, 1.807) is 0 Å². The molecule has 2 aromatic heterocycles. The quantitative estimate of drug-likeness (QED) is 0.177. The highest BCUT2D eigenvalue weighted by Crippen LogP contribution is 2.43. The highest BCUT2D eigenvalue weighted by Gasteiger charge is 2.46. The second-order valence-corrected chi connectivity index (χ2v) is 12.6. The number of benzene rings is 2. The number of hydrogen-bond acceptors (Lipinski definition) is 8. The second kappa shape index (κ2) is 13.3. The van der Waals surface area contributed by atoms with E-state index in [0.29, 0.717) is 12.1 Å². The third-order valence-corrected chi connectivity index (χ3v) is 8.84. The minimum atomic E-state index is -5.17. The molecule has 0 unspecified atom stereocenters. The molecule has 280 valence electrons. The number of cyclic esters (lactones) is 1. The Morgan fingerprint density at radius 2 is 1.62 bits per heavy atom. The molecule has 2 aromatic carbocycles. The maximum atomic E-state index is 15.5. The molecule has 2 aliphatic rings. The summed E-state index contributed by atoms with van der Waals surface area (Å²) in [7, 11) is 1.19. The third kappa shape index (κ3) is 7.34. The lowest BCUT2D eigenvalue weighted by molar-refractivity contribution is -0.143. The van der Waals surface area contributed by atoms with Gasteiger partial charge in [-0.25, -0.2) is 32.7 Å². The number of methoxy groups -OCH3 is 1. The summed E-state index contributed by atoms with van der Waals surface area (Å²) in [6.07, 6.45) is -11.0. The summed E-state index contributed by atoms with van der Waals surface area (Å²) in [4.78, 5) is 39.2. The second-order valence-electron chi connectivity index (χ2n) is 12.1. The Bertz CT molecular complexity index is 2090. The van der Waals surface area contributed by atoms with E-state index in [2.05, 4.69) is 15.0 Å². The van der Waals surface area contributed by atoms with Gasteiger partial charge in [0.25, 0.3) is 5.92 Å². The number of carbonyl (C=O) groups is 2. The summed E-state index contributed by atoms with van der Waals surface area (Å²) in [5.74, 6) is -5.66. The van der Waals surface area contributed by atoms with Gasteiger partial charge in [-0.15, -0.1) is 0 Å². The lowest BCUT2D eigenvalue weighted by Crippen LogP contribution is -2.57. The van der Waals surface area contributed by atoms with Gasteiger partial charge in [0.2, 0.25) is 5.95 Å². The SMILES string of the molecule is COc1cc(F)c(-c2ncc(C(=O)O)cc2Cl)cc1-c1cnc(N2CC(F)(F)C2)nc1CN1C(=O)O[C@H](c2cc(C(F)(F)F)cc(C(F)(F)F)c2)[C@@H]1C. The molecule has 2 aliphatic heterocycles. The number of halogens is 10. The Balaban J connectivity index is 1.44. The molecule has 6 rings (SSSR count). The molecule has 20 heteroatoms. The fourth-order valence-electron chi connectivity index (χ4n) is 5.89. The Hall–Kier alpha value is -5.33. The molecule has 2 fully saturated rings. The molecule has 4 heterocycles. The van der Waals surface area contributed by atoms with Gasteiger partial charge < -0.3 is 19.5 Å². The zero-order chi connectivity index (χ0) is 38.8. The number of ether oxygens (including phenoxy) is 2. The Morgan fingerprint density at radius 1 is 0.981 bits per heavy atom. The molecule has 10 nitrogen and oxygen atoms in total. The van der Waals surface area contributed by atoms with Gasteiger partial charge in [-0.2, -0.15) is 26.3 Å². The van der Waals surface area contributed by atoms with Crippen molar-refractivity contribution in [2.45, 2.75) is 43.9 Å². The van der Waals surface area contributed by atoms with Crippen LogP contribution in [0, 0.1) is 5.82 Å². The van der Waals surface area contributed by atoms with E-state index in [1.165, 1.54) is 26.3 Å². The van der Waals surface area contributed by atoms with E-state index < -0.39 is 84.6 Å². The number of aromatic carboxylic acids is 1. The van der Waals surface area contributed by atoms with Crippen molar-refractivity contribution >= 4 is 29.6 Å². The van der Waals surface area contributed by atoms with Crippen LogP contribution in [-0.2, 0) is 23.6 Å². The van der Waals surface area contributed by atoms with Gasteiger partial charge in [-0.3, -0.25) is 9.88 Å². The zero-order valence-electron chi connectivity index (χ0n) is 27.0. The number of carboxylic acids is 1. The van der Waals surface area contributed by atoms with Gasteiger partial charge in [-0.1, -0.05) is 11.6 Å². The first-order chi connectivity index (χ1) is 24.7. The molecule has 2 saturated heterocycles. The van der Waals surface area contributed by atoms with E-state index in [4.69, 9.17) is 21.1 Å². The minimum Gasteiger partial charge on any atom is -0.496 e. The summed E-state index contributed by atoms with van der Waals surface area (Å²) in [5, 5.41) is 9.04. The average molecular weight is 776 g/mol. The molecule has 0 radical (unpaired) electrons. The first-order valence-electron chi connectivity index (χ1n) is 15.2. The van der Waals surface area contributed by atoms with E-state index in [1.807, 2.05) is 0 Å².